The molecule has 10 nitrogen and oxygen atoms in total. The van der Waals surface area contributed by atoms with E-state index in [-0.39, 0.29) is 29.3 Å². The molecule has 0 aliphatic carbocycles. The largest absolute Gasteiger partial charge is 0.457 e. The summed E-state index contributed by atoms with van der Waals surface area (Å²) in [5, 5.41) is 3.52. The van der Waals surface area contributed by atoms with Crippen LogP contribution in [0.5, 0.6) is 0 Å². The highest BCUT2D eigenvalue weighted by Crippen LogP contribution is 2.19. The third-order valence-corrected chi connectivity index (χ3v) is 3.26. The van der Waals surface area contributed by atoms with Crippen LogP contribution >= 0.6 is 0 Å². The first kappa shape index (κ1) is 16.9. The molecule has 0 fully saturated rings. The maximum Gasteiger partial charge on any atom is 0.400 e. The lowest BCUT2D eigenvalue weighted by Crippen LogP contribution is -2.23. The zero-order chi connectivity index (χ0) is 18.5. The van der Waals surface area contributed by atoms with E-state index in [4.69, 9.17) is 20.7 Å². The number of carbonyl (C=O) groups excluding carboxylic acids is 1. The number of hydrogen-bond donors (Lipinski definition) is 2. The number of amidine groups is 1. The molecule has 26 heavy (non-hydrogen) atoms. The van der Waals surface area contributed by atoms with Crippen LogP contribution in [0.1, 0.15) is 16.4 Å². The molecule has 0 saturated carbocycles. The number of para-hydroxylation sites is 1. The van der Waals surface area contributed by atoms with Gasteiger partial charge in [-0.3, -0.25) is 0 Å². The average molecular weight is 353 g/mol. The highest BCUT2D eigenvalue weighted by atomic mass is 16.7. The van der Waals surface area contributed by atoms with E-state index in [1.54, 1.807) is 18.0 Å². The van der Waals surface area contributed by atoms with Gasteiger partial charge >= 0.3 is 5.97 Å². The van der Waals surface area contributed by atoms with Crippen LogP contribution in [0.3, 0.4) is 0 Å². The summed E-state index contributed by atoms with van der Waals surface area (Å²) in [5.41, 5.74) is 12.3. The Balaban J connectivity index is 1.82. The van der Waals surface area contributed by atoms with Crippen LogP contribution in [0.25, 0.3) is 0 Å². The molecule has 0 atom stereocenters. The molecule has 0 aliphatic heterocycles. The molecule has 10 heteroatoms. The Morgan fingerprint density at radius 3 is 2.62 bits per heavy atom. The predicted octanol–water partition coefficient (Wildman–Crippen LogP) is 1.29. The third kappa shape index (κ3) is 3.75. The van der Waals surface area contributed by atoms with Crippen molar-refractivity contribution in [1.29, 1.82) is 0 Å². The van der Waals surface area contributed by atoms with Gasteiger partial charge in [0.05, 0.1) is 6.26 Å². The molecule has 0 saturated heterocycles. The van der Waals surface area contributed by atoms with Crippen molar-refractivity contribution in [3.8, 4) is 0 Å². The van der Waals surface area contributed by atoms with Gasteiger partial charge in [0.1, 0.15) is 0 Å². The summed E-state index contributed by atoms with van der Waals surface area (Å²) >= 11 is 0. The van der Waals surface area contributed by atoms with E-state index in [2.05, 4.69) is 20.1 Å². The zero-order valence-corrected chi connectivity index (χ0v) is 13.7. The van der Waals surface area contributed by atoms with Gasteiger partial charge in [-0.15, -0.1) is 0 Å². The Morgan fingerprint density at radius 1 is 1.15 bits per heavy atom. The van der Waals surface area contributed by atoms with E-state index in [1.807, 2.05) is 30.3 Å². The van der Waals surface area contributed by atoms with E-state index in [9.17, 15) is 4.79 Å². The van der Waals surface area contributed by atoms with E-state index < -0.39 is 5.97 Å². The molecule has 3 rings (SSSR count). The first-order chi connectivity index (χ1) is 12.5. The maximum absolute atomic E-state index is 11.7. The highest BCUT2D eigenvalue weighted by Gasteiger charge is 2.15. The molecule has 0 unspecified atom stereocenters. The minimum absolute atomic E-state index is 0.0128. The summed E-state index contributed by atoms with van der Waals surface area (Å²) in [6.45, 7) is 0. The number of aromatic nitrogens is 3. The Hall–Kier alpha value is -3.95. The van der Waals surface area contributed by atoms with Crippen LogP contribution in [-0.4, -0.2) is 33.8 Å². The molecule has 2 aromatic heterocycles. The smallest absolute Gasteiger partial charge is 0.400 e. The quantitative estimate of drug-likeness (QED) is 0.300. The Kier molecular flexibility index (Phi) is 4.74. The van der Waals surface area contributed by atoms with E-state index in [0.717, 1.165) is 5.69 Å². The van der Waals surface area contributed by atoms with E-state index >= 15 is 0 Å². The van der Waals surface area contributed by atoms with Crippen molar-refractivity contribution in [1.82, 2.24) is 15.0 Å². The summed E-state index contributed by atoms with van der Waals surface area (Å²) in [6.07, 6.45) is 1.34. The fourth-order valence-corrected chi connectivity index (χ4v) is 1.98. The first-order valence-corrected chi connectivity index (χ1v) is 7.43. The molecule has 0 spiro atoms. The predicted molar refractivity (Wildman–Crippen MR) is 93.6 cm³/mol. The summed E-state index contributed by atoms with van der Waals surface area (Å²) in [7, 11) is 1.76. The van der Waals surface area contributed by atoms with Gasteiger partial charge in [-0.1, -0.05) is 23.4 Å². The van der Waals surface area contributed by atoms with Crippen LogP contribution in [0.15, 0.2) is 58.3 Å². The number of rotatable bonds is 5. The summed E-state index contributed by atoms with van der Waals surface area (Å²) in [4.78, 5) is 30.3. The van der Waals surface area contributed by atoms with E-state index in [1.165, 1.54) is 12.3 Å². The van der Waals surface area contributed by atoms with Crippen molar-refractivity contribution < 1.29 is 14.0 Å². The van der Waals surface area contributed by atoms with Gasteiger partial charge < -0.3 is 25.6 Å². The van der Waals surface area contributed by atoms with Crippen LogP contribution in [0.2, 0.25) is 0 Å². The molecule has 1 aromatic carbocycles. The number of furan rings is 1. The van der Waals surface area contributed by atoms with Crippen LogP contribution in [0, 0.1) is 0 Å². The van der Waals surface area contributed by atoms with Gasteiger partial charge in [0.15, 0.2) is 0 Å². The first-order valence-electron chi connectivity index (χ1n) is 7.43. The number of oxime groups is 1. The lowest BCUT2D eigenvalue weighted by atomic mass is 10.3. The molecule has 4 N–H and O–H groups in total. The second-order valence-electron chi connectivity index (χ2n) is 5.04. The third-order valence-electron chi connectivity index (χ3n) is 3.26. The Morgan fingerprint density at radius 2 is 1.92 bits per heavy atom. The van der Waals surface area contributed by atoms with Crippen molar-refractivity contribution in [3.05, 3.63) is 60.3 Å². The number of nitrogens with two attached hydrogens (primary N) is 2. The lowest BCUT2D eigenvalue weighted by molar-refractivity contribution is 0.0479. The standard InChI is InChI=1S/C16H15N7O3/c1-23(10-6-3-2-4-7-10)16-20-13(19-15(18)21-16)12(17)22-26-14(24)11-8-5-9-25-11/h2-9H,1H3,(H2,17,22)(H2,18,19,20,21). The van der Waals surface area contributed by atoms with Crippen molar-refractivity contribution in [2.75, 3.05) is 17.7 Å². The molecule has 0 radical (unpaired) electrons. The van der Waals surface area contributed by atoms with Crippen LogP contribution in [-0.2, 0) is 4.84 Å². The van der Waals surface area contributed by atoms with Crippen LogP contribution in [0.4, 0.5) is 17.6 Å². The number of nitrogen functional groups attached to an aromatic ring is 1. The Bertz CT molecular complexity index is 926. The Labute approximate surface area is 148 Å². The SMILES string of the molecule is CN(c1ccccc1)c1nc(N)nc(/C(N)=N/OC(=O)c2ccco2)n1. The summed E-state index contributed by atoms with van der Waals surface area (Å²) in [5.74, 6) is -0.871. The second-order valence-corrected chi connectivity index (χ2v) is 5.04. The van der Waals surface area contributed by atoms with Gasteiger partial charge in [-0.2, -0.15) is 15.0 Å². The monoisotopic (exact) mass is 353 g/mol. The fourth-order valence-electron chi connectivity index (χ4n) is 1.98. The van der Waals surface area contributed by atoms with E-state index in [0.29, 0.717) is 0 Å². The lowest BCUT2D eigenvalue weighted by Gasteiger charge is -2.17. The summed E-state index contributed by atoms with van der Waals surface area (Å²) in [6, 6.07) is 12.4. The number of anilines is 3. The van der Waals surface area contributed by atoms with Gasteiger partial charge in [0, 0.05) is 12.7 Å². The minimum Gasteiger partial charge on any atom is -0.457 e. The maximum atomic E-state index is 11.7. The zero-order valence-electron chi connectivity index (χ0n) is 13.7. The highest BCUT2D eigenvalue weighted by molar-refractivity contribution is 5.95. The topological polar surface area (TPSA) is 146 Å². The number of hydrogen-bond acceptors (Lipinski definition) is 9. The average Bonchev–Trinajstić information content (AvgIpc) is 3.20. The van der Waals surface area contributed by atoms with Crippen molar-refractivity contribution >= 4 is 29.4 Å². The van der Waals surface area contributed by atoms with Crippen LogP contribution < -0.4 is 16.4 Å². The molecule has 0 bridgehead atoms. The molecule has 0 amide bonds. The number of carbonyl (C=O) groups is 1. The minimum atomic E-state index is -0.804. The molecule has 0 aliphatic rings. The molecule has 2 heterocycles. The second kappa shape index (κ2) is 7.30. The van der Waals surface area contributed by atoms with Gasteiger partial charge in [-0.25, -0.2) is 4.79 Å². The van der Waals surface area contributed by atoms with Gasteiger partial charge in [0.25, 0.3) is 0 Å². The molecule has 132 valence electrons. The summed E-state index contributed by atoms with van der Waals surface area (Å²) < 4.78 is 4.90. The fraction of sp³-hybridized carbons (Fsp3) is 0.0625. The van der Waals surface area contributed by atoms with Crippen molar-refractivity contribution in [3.63, 3.8) is 0 Å². The number of nitrogens with zero attached hydrogens (tertiary/aromatic N) is 5. The van der Waals surface area contributed by atoms with Crippen molar-refractivity contribution in [2.24, 2.45) is 10.9 Å². The molecular weight excluding hydrogens is 338 g/mol. The molecular formula is C16H15N7O3. The number of benzene rings is 1. The van der Waals surface area contributed by atoms with Gasteiger partial charge in [0.2, 0.25) is 29.3 Å². The van der Waals surface area contributed by atoms with Crippen molar-refractivity contribution in [2.45, 2.75) is 0 Å². The van der Waals surface area contributed by atoms with Gasteiger partial charge in [-0.05, 0) is 24.3 Å². The molecule has 3 aromatic rings. The normalized spacial score (nSPS) is 11.2.